The van der Waals surface area contributed by atoms with Crippen LogP contribution in [0.5, 0.6) is 11.5 Å². The number of nitrogens with one attached hydrogen (secondary N) is 1. The summed E-state index contributed by atoms with van der Waals surface area (Å²) in [4.78, 5) is 48.5. The summed E-state index contributed by atoms with van der Waals surface area (Å²) >= 11 is 0. The van der Waals surface area contributed by atoms with E-state index in [1.165, 1.54) is 25.1 Å². The number of aliphatic imine (C=N–C) groups is 1. The van der Waals surface area contributed by atoms with Gasteiger partial charge in [-0.15, -0.1) is 0 Å². The lowest BCUT2D eigenvalue weighted by Gasteiger charge is -2.07. The first-order valence-corrected chi connectivity index (χ1v) is 10.3. The Kier molecular flexibility index (Phi) is 6.50. The van der Waals surface area contributed by atoms with E-state index in [2.05, 4.69) is 10.3 Å². The van der Waals surface area contributed by atoms with Crippen LogP contribution in [0.25, 0.3) is 6.08 Å². The molecular weight excluding hydrogens is 472 g/mol. The summed E-state index contributed by atoms with van der Waals surface area (Å²) in [5.74, 6) is -0.779. The van der Waals surface area contributed by atoms with E-state index < -0.39 is 27.2 Å². The van der Waals surface area contributed by atoms with Crippen LogP contribution in [0.15, 0.2) is 77.4 Å². The average Bonchev–Trinajstić information content (AvgIpc) is 3.19. The zero-order valence-corrected chi connectivity index (χ0v) is 18.5. The molecule has 180 valence electrons. The lowest BCUT2D eigenvalue weighted by atomic mass is 10.2. The SMILES string of the molecule is CC(=O)Nc1ccc(C2=N/C(=C\c3cccc(Oc4ccc([N+](=O)[O-])cc4[N+](=O)[O-])c3)C(=O)O2)cc1. The molecule has 0 fully saturated rings. The predicted octanol–water partition coefficient (Wildman–Crippen LogP) is 4.60. The van der Waals surface area contributed by atoms with E-state index in [-0.39, 0.29) is 29.0 Å². The molecule has 0 saturated carbocycles. The molecule has 1 N–H and O–H groups in total. The summed E-state index contributed by atoms with van der Waals surface area (Å²) in [6.07, 6.45) is 1.46. The monoisotopic (exact) mass is 488 g/mol. The van der Waals surface area contributed by atoms with Gasteiger partial charge in [0.2, 0.25) is 17.6 Å². The van der Waals surface area contributed by atoms with Crippen LogP contribution in [-0.2, 0) is 14.3 Å². The molecule has 0 aromatic heterocycles. The number of hydrogen-bond donors (Lipinski definition) is 1. The first kappa shape index (κ1) is 23.8. The van der Waals surface area contributed by atoms with Gasteiger partial charge in [-0.1, -0.05) is 12.1 Å². The third-order valence-electron chi connectivity index (χ3n) is 4.81. The highest BCUT2D eigenvalue weighted by Crippen LogP contribution is 2.35. The summed E-state index contributed by atoms with van der Waals surface area (Å²) in [6.45, 7) is 1.39. The lowest BCUT2D eigenvalue weighted by Crippen LogP contribution is -2.07. The van der Waals surface area contributed by atoms with Gasteiger partial charge in [-0.25, -0.2) is 9.79 Å². The summed E-state index contributed by atoms with van der Waals surface area (Å²) in [5.41, 5.74) is 0.627. The second-order valence-electron chi connectivity index (χ2n) is 7.44. The van der Waals surface area contributed by atoms with Crippen LogP contribution < -0.4 is 10.1 Å². The number of anilines is 1. The molecule has 3 aromatic rings. The van der Waals surface area contributed by atoms with Gasteiger partial charge in [0, 0.05) is 24.2 Å². The number of hydrogen-bond acceptors (Lipinski definition) is 9. The van der Waals surface area contributed by atoms with Crippen LogP contribution in [0, 0.1) is 20.2 Å². The number of nitrogens with zero attached hydrogens (tertiary/aromatic N) is 3. The minimum Gasteiger partial charge on any atom is -0.450 e. The van der Waals surface area contributed by atoms with E-state index in [1.807, 2.05) is 0 Å². The summed E-state index contributed by atoms with van der Waals surface area (Å²) < 4.78 is 10.8. The zero-order chi connectivity index (χ0) is 25.8. The topological polar surface area (TPSA) is 163 Å². The van der Waals surface area contributed by atoms with Crippen molar-refractivity contribution in [2.75, 3.05) is 5.32 Å². The highest BCUT2D eigenvalue weighted by atomic mass is 16.6. The molecule has 12 nitrogen and oxygen atoms in total. The normalized spacial score (nSPS) is 13.6. The quantitative estimate of drug-likeness (QED) is 0.218. The Morgan fingerprint density at radius 3 is 2.44 bits per heavy atom. The lowest BCUT2D eigenvalue weighted by molar-refractivity contribution is -0.394. The number of amides is 1. The van der Waals surface area contributed by atoms with E-state index in [0.717, 1.165) is 18.2 Å². The van der Waals surface area contributed by atoms with Gasteiger partial charge in [0.05, 0.1) is 15.9 Å². The Morgan fingerprint density at radius 2 is 1.78 bits per heavy atom. The van der Waals surface area contributed by atoms with Gasteiger partial charge >= 0.3 is 11.7 Å². The van der Waals surface area contributed by atoms with Gasteiger partial charge in [0.1, 0.15) is 5.75 Å². The van der Waals surface area contributed by atoms with Crippen molar-refractivity contribution >= 4 is 40.9 Å². The largest absolute Gasteiger partial charge is 0.450 e. The Labute approximate surface area is 202 Å². The van der Waals surface area contributed by atoms with Crippen LogP contribution in [0.2, 0.25) is 0 Å². The number of rotatable bonds is 7. The van der Waals surface area contributed by atoms with Crippen LogP contribution >= 0.6 is 0 Å². The maximum Gasteiger partial charge on any atom is 0.363 e. The van der Waals surface area contributed by atoms with Crippen molar-refractivity contribution < 1.29 is 28.9 Å². The van der Waals surface area contributed by atoms with Crippen molar-refractivity contribution in [3.63, 3.8) is 0 Å². The standard InChI is InChI=1S/C24H16N4O8/c1-14(29)25-17-7-5-16(6-8-17)23-26-20(24(30)36-23)12-15-3-2-4-19(11-15)35-22-10-9-18(27(31)32)13-21(22)28(33)34/h2-13H,1H3,(H,25,29)/b20-12-. The molecular formula is C24H16N4O8. The molecule has 0 bridgehead atoms. The molecule has 0 unspecified atom stereocenters. The molecule has 12 heteroatoms. The fraction of sp³-hybridized carbons (Fsp3) is 0.0417. The van der Waals surface area contributed by atoms with E-state index in [0.29, 0.717) is 16.8 Å². The van der Waals surface area contributed by atoms with Crippen LogP contribution in [0.3, 0.4) is 0 Å². The minimum absolute atomic E-state index is 0.0226. The number of esters is 1. The summed E-state index contributed by atoms with van der Waals surface area (Å²) in [7, 11) is 0. The Morgan fingerprint density at radius 1 is 1.03 bits per heavy atom. The molecule has 0 aliphatic carbocycles. The maximum absolute atomic E-state index is 12.3. The van der Waals surface area contributed by atoms with Crippen molar-refractivity contribution in [1.29, 1.82) is 0 Å². The molecule has 0 spiro atoms. The van der Waals surface area contributed by atoms with Gasteiger partial charge in [0.25, 0.3) is 5.69 Å². The smallest absolute Gasteiger partial charge is 0.363 e. The molecule has 1 aliphatic rings. The van der Waals surface area contributed by atoms with Crippen molar-refractivity contribution in [1.82, 2.24) is 0 Å². The molecule has 1 heterocycles. The molecule has 1 amide bonds. The second kappa shape index (κ2) is 9.85. The highest BCUT2D eigenvalue weighted by Gasteiger charge is 2.25. The van der Waals surface area contributed by atoms with Crippen LogP contribution in [0.4, 0.5) is 17.1 Å². The number of nitro groups is 2. The van der Waals surface area contributed by atoms with Crippen molar-refractivity contribution in [3.05, 3.63) is 104 Å². The minimum atomic E-state index is -0.776. The van der Waals surface area contributed by atoms with Gasteiger partial charge in [-0.2, -0.15) is 0 Å². The van der Waals surface area contributed by atoms with Gasteiger partial charge < -0.3 is 14.8 Å². The number of cyclic esters (lactones) is 1. The maximum atomic E-state index is 12.3. The van der Waals surface area contributed by atoms with E-state index in [9.17, 15) is 29.8 Å². The summed E-state index contributed by atoms with van der Waals surface area (Å²) in [5, 5.41) is 24.9. The van der Waals surface area contributed by atoms with E-state index >= 15 is 0 Å². The summed E-state index contributed by atoms with van der Waals surface area (Å²) in [6, 6.07) is 15.9. The van der Waals surface area contributed by atoms with E-state index in [1.54, 1.807) is 36.4 Å². The number of non-ortho nitro benzene ring substituents is 1. The Bertz CT molecular complexity index is 1460. The van der Waals surface area contributed by atoms with Crippen molar-refractivity contribution in [3.8, 4) is 11.5 Å². The first-order valence-electron chi connectivity index (χ1n) is 10.3. The van der Waals surface area contributed by atoms with Gasteiger partial charge in [-0.05, 0) is 54.1 Å². The third kappa shape index (κ3) is 5.39. The Hall–Kier alpha value is -5.39. The Balaban J connectivity index is 1.57. The molecule has 0 saturated heterocycles. The molecule has 3 aromatic carbocycles. The highest BCUT2D eigenvalue weighted by molar-refractivity contribution is 6.13. The van der Waals surface area contributed by atoms with Crippen LogP contribution in [0.1, 0.15) is 18.1 Å². The molecule has 0 atom stereocenters. The number of carbonyl (C=O) groups is 2. The number of benzene rings is 3. The molecule has 4 rings (SSSR count). The average molecular weight is 488 g/mol. The molecule has 0 radical (unpaired) electrons. The number of nitro benzene ring substituents is 2. The van der Waals surface area contributed by atoms with Gasteiger partial charge in [0.15, 0.2) is 5.70 Å². The van der Waals surface area contributed by atoms with Crippen molar-refractivity contribution in [2.45, 2.75) is 6.92 Å². The molecule has 1 aliphatic heterocycles. The zero-order valence-electron chi connectivity index (χ0n) is 18.5. The fourth-order valence-corrected chi connectivity index (χ4v) is 3.23. The third-order valence-corrected chi connectivity index (χ3v) is 4.81. The van der Waals surface area contributed by atoms with E-state index in [4.69, 9.17) is 9.47 Å². The van der Waals surface area contributed by atoms with Crippen LogP contribution in [-0.4, -0.2) is 27.6 Å². The van der Waals surface area contributed by atoms with Gasteiger partial charge in [-0.3, -0.25) is 25.0 Å². The number of carbonyl (C=O) groups excluding carboxylic acids is 2. The predicted molar refractivity (Wildman–Crippen MR) is 128 cm³/mol. The fourth-order valence-electron chi connectivity index (χ4n) is 3.23. The van der Waals surface area contributed by atoms with Crippen molar-refractivity contribution in [2.24, 2.45) is 4.99 Å². The first-order chi connectivity index (χ1) is 17.2. The second-order valence-corrected chi connectivity index (χ2v) is 7.44. The number of ether oxygens (including phenoxy) is 2. The molecule has 36 heavy (non-hydrogen) atoms.